The van der Waals surface area contributed by atoms with Crippen molar-refractivity contribution in [2.45, 2.75) is 26.7 Å². The predicted octanol–water partition coefficient (Wildman–Crippen LogP) is 5.05. The molecule has 28 heavy (non-hydrogen) atoms. The molecule has 4 rings (SSSR count). The summed E-state index contributed by atoms with van der Waals surface area (Å²) < 4.78 is 10.7. The van der Waals surface area contributed by atoms with Gasteiger partial charge in [-0.3, -0.25) is 0 Å². The summed E-state index contributed by atoms with van der Waals surface area (Å²) in [6, 6.07) is 16.0. The van der Waals surface area contributed by atoms with E-state index in [4.69, 9.17) is 9.05 Å². The van der Waals surface area contributed by atoms with Gasteiger partial charge in [0.05, 0.1) is 0 Å². The van der Waals surface area contributed by atoms with E-state index >= 15 is 0 Å². The lowest BCUT2D eigenvalue weighted by atomic mass is 10.1. The van der Waals surface area contributed by atoms with Crippen molar-refractivity contribution in [1.82, 2.24) is 20.3 Å². The highest BCUT2D eigenvalue weighted by atomic mass is 16.5. The summed E-state index contributed by atoms with van der Waals surface area (Å²) in [5.74, 6) is 2.11. The average molecular weight is 372 g/mol. The van der Waals surface area contributed by atoms with Crippen molar-refractivity contribution in [3.05, 3.63) is 78.0 Å². The fraction of sp³-hybridized carbons (Fsp3) is 0.182. The van der Waals surface area contributed by atoms with Crippen molar-refractivity contribution < 1.29 is 9.05 Å². The molecule has 2 aromatic carbocycles. The number of hydrogen-bond acceptors (Lipinski definition) is 6. The highest BCUT2D eigenvalue weighted by molar-refractivity contribution is 5.60. The second-order valence-corrected chi connectivity index (χ2v) is 6.77. The maximum atomic E-state index is 5.36. The molecule has 0 aliphatic carbocycles. The van der Waals surface area contributed by atoms with Gasteiger partial charge in [0.25, 0.3) is 5.89 Å². The minimum Gasteiger partial charge on any atom is -0.339 e. The van der Waals surface area contributed by atoms with Gasteiger partial charge >= 0.3 is 0 Å². The summed E-state index contributed by atoms with van der Waals surface area (Å²) in [6.45, 7) is 8.13. The van der Waals surface area contributed by atoms with Crippen LogP contribution in [-0.2, 0) is 6.42 Å². The molecule has 0 saturated carbocycles. The molecule has 0 aliphatic heterocycles. The molecular formula is C22H20N4O2. The van der Waals surface area contributed by atoms with Gasteiger partial charge in [-0.1, -0.05) is 76.6 Å². The smallest absolute Gasteiger partial charge is 0.253 e. The van der Waals surface area contributed by atoms with E-state index in [0.717, 1.165) is 16.7 Å². The molecule has 0 spiro atoms. The van der Waals surface area contributed by atoms with Crippen molar-refractivity contribution in [3.63, 3.8) is 0 Å². The molecule has 0 unspecified atom stereocenters. The molecule has 140 valence electrons. The minimum absolute atomic E-state index is 0.425. The summed E-state index contributed by atoms with van der Waals surface area (Å²) in [5.41, 5.74) is 4.95. The second kappa shape index (κ2) is 7.60. The van der Waals surface area contributed by atoms with Crippen LogP contribution in [0.4, 0.5) is 0 Å². The number of benzene rings is 2. The number of aromatic nitrogens is 4. The first-order chi connectivity index (χ1) is 13.6. The van der Waals surface area contributed by atoms with Gasteiger partial charge in [0, 0.05) is 23.1 Å². The van der Waals surface area contributed by atoms with Crippen molar-refractivity contribution >= 4 is 5.57 Å². The largest absolute Gasteiger partial charge is 0.339 e. The van der Waals surface area contributed by atoms with E-state index in [1.54, 1.807) is 0 Å². The maximum absolute atomic E-state index is 5.36. The van der Waals surface area contributed by atoms with Crippen LogP contribution in [0.5, 0.6) is 0 Å². The second-order valence-electron chi connectivity index (χ2n) is 6.77. The highest BCUT2D eigenvalue weighted by Gasteiger charge is 2.14. The molecule has 2 aromatic heterocycles. The van der Waals surface area contributed by atoms with Gasteiger partial charge in [0.2, 0.25) is 17.5 Å². The third kappa shape index (κ3) is 3.91. The lowest BCUT2D eigenvalue weighted by molar-refractivity contribution is 0.378. The molecule has 0 radical (unpaired) electrons. The molecule has 6 heteroatoms. The fourth-order valence-electron chi connectivity index (χ4n) is 2.73. The molecule has 2 heterocycles. The first-order valence-electron chi connectivity index (χ1n) is 9.07. The van der Waals surface area contributed by atoms with Crippen LogP contribution in [0.3, 0.4) is 0 Å². The zero-order valence-electron chi connectivity index (χ0n) is 15.8. The standard InChI is InChI=1S/C22H20N4O2/c1-14-4-9-17(10-5-14)20-23-19(27-25-20)13-8-16(3)22-24-21(26-28-22)18-11-6-15(2)7-12-18/h4-7,9-12H,3,8,13H2,1-2H3. The van der Waals surface area contributed by atoms with Gasteiger partial charge in [-0.15, -0.1) is 0 Å². The Morgan fingerprint density at radius 2 is 1.32 bits per heavy atom. The van der Waals surface area contributed by atoms with Crippen molar-refractivity contribution in [3.8, 4) is 22.8 Å². The first kappa shape index (κ1) is 17.9. The lowest BCUT2D eigenvalue weighted by Crippen LogP contribution is -1.90. The fourth-order valence-corrected chi connectivity index (χ4v) is 2.73. The highest BCUT2D eigenvalue weighted by Crippen LogP contribution is 2.22. The summed E-state index contributed by atoms with van der Waals surface area (Å²) in [7, 11) is 0. The molecular weight excluding hydrogens is 352 g/mol. The molecule has 0 N–H and O–H groups in total. The number of nitrogens with zero attached hydrogens (tertiary/aromatic N) is 4. The van der Waals surface area contributed by atoms with Gasteiger partial charge < -0.3 is 9.05 Å². The quantitative estimate of drug-likeness (QED) is 0.471. The Morgan fingerprint density at radius 1 is 0.786 bits per heavy atom. The van der Waals surface area contributed by atoms with Gasteiger partial charge in [-0.2, -0.15) is 9.97 Å². The normalized spacial score (nSPS) is 10.9. The van der Waals surface area contributed by atoms with Gasteiger partial charge in [-0.05, 0) is 20.3 Å². The van der Waals surface area contributed by atoms with Crippen molar-refractivity contribution in [1.29, 1.82) is 0 Å². The van der Waals surface area contributed by atoms with Crippen molar-refractivity contribution in [2.24, 2.45) is 0 Å². The number of rotatable bonds is 6. The van der Waals surface area contributed by atoms with E-state index in [1.807, 2.05) is 62.4 Å². The van der Waals surface area contributed by atoms with E-state index in [-0.39, 0.29) is 0 Å². The average Bonchev–Trinajstić information content (AvgIpc) is 3.37. The van der Waals surface area contributed by atoms with Crippen LogP contribution < -0.4 is 0 Å². The summed E-state index contributed by atoms with van der Waals surface area (Å²) >= 11 is 0. The lowest BCUT2D eigenvalue weighted by Gasteiger charge is -1.97. The van der Waals surface area contributed by atoms with Crippen LogP contribution in [0, 0.1) is 13.8 Å². The molecule has 0 amide bonds. The Kier molecular flexibility index (Phi) is 4.85. The Hall–Kier alpha value is -3.54. The summed E-state index contributed by atoms with van der Waals surface area (Å²) in [6.07, 6.45) is 1.14. The van der Waals surface area contributed by atoms with Crippen molar-refractivity contribution in [2.75, 3.05) is 0 Å². The summed E-state index contributed by atoms with van der Waals surface area (Å²) in [4.78, 5) is 8.89. The maximum Gasteiger partial charge on any atom is 0.253 e. The number of hydrogen-bond donors (Lipinski definition) is 0. The van der Waals surface area contributed by atoms with E-state index in [9.17, 15) is 0 Å². The number of allylic oxidation sites excluding steroid dienone is 1. The molecule has 0 aliphatic rings. The van der Waals surface area contributed by atoms with E-state index in [0.29, 0.717) is 36.3 Å². The zero-order valence-corrected chi connectivity index (χ0v) is 15.8. The van der Waals surface area contributed by atoms with Gasteiger partial charge in [0.1, 0.15) is 0 Å². The third-order valence-electron chi connectivity index (χ3n) is 4.46. The van der Waals surface area contributed by atoms with E-state index < -0.39 is 0 Å². The molecule has 6 nitrogen and oxygen atoms in total. The monoisotopic (exact) mass is 372 g/mol. The SMILES string of the molecule is C=C(CCc1nc(-c2ccc(C)cc2)no1)c1nc(-c2ccc(C)cc2)no1. The summed E-state index contributed by atoms with van der Waals surface area (Å²) in [5, 5.41) is 8.10. The van der Waals surface area contributed by atoms with Crippen LogP contribution in [0.2, 0.25) is 0 Å². The third-order valence-corrected chi connectivity index (χ3v) is 4.46. The van der Waals surface area contributed by atoms with Crippen LogP contribution in [0.1, 0.15) is 29.3 Å². The topological polar surface area (TPSA) is 77.8 Å². The minimum atomic E-state index is 0.425. The Labute approximate surface area is 162 Å². The molecule has 0 bridgehead atoms. The van der Waals surface area contributed by atoms with Gasteiger partial charge in [0.15, 0.2) is 0 Å². The first-order valence-corrected chi connectivity index (χ1v) is 9.07. The Balaban J connectivity index is 1.40. The molecule has 0 saturated heterocycles. The predicted molar refractivity (Wildman–Crippen MR) is 106 cm³/mol. The van der Waals surface area contributed by atoms with Crippen LogP contribution >= 0.6 is 0 Å². The Morgan fingerprint density at radius 3 is 1.93 bits per heavy atom. The zero-order chi connectivity index (χ0) is 19.5. The van der Waals surface area contributed by atoms with Crippen LogP contribution in [-0.4, -0.2) is 20.3 Å². The molecule has 0 atom stereocenters. The molecule has 4 aromatic rings. The van der Waals surface area contributed by atoms with Crippen LogP contribution in [0.15, 0.2) is 64.2 Å². The van der Waals surface area contributed by atoms with Crippen LogP contribution in [0.25, 0.3) is 28.3 Å². The van der Waals surface area contributed by atoms with E-state index in [1.165, 1.54) is 11.1 Å². The number of aryl methyl sites for hydroxylation is 3. The van der Waals surface area contributed by atoms with E-state index in [2.05, 4.69) is 26.9 Å². The van der Waals surface area contributed by atoms with Gasteiger partial charge in [-0.25, -0.2) is 0 Å². The molecule has 0 fully saturated rings. The Bertz CT molecular complexity index is 1090.